The van der Waals surface area contributed by atoms with Crippen LogP contribution in [0.1, 0.15) is 19.3 Å². The number of halogens is 7. The van der Waals surface area contributed by atoms with Crippen molar-refractivity contribution in [1.29, 1.82) is 0 Å². The van der Waals surface area contributed by atoms with Crippen LogP contribution in [-0.4, -0.2) is 60.4 Å². The minimum atomic E-state index is -5.00. The number of hydrogen-bond donors (Lipinski definition) is 2. The topological polar surface area (TPSA) is 97.0 Å². The van der Waals surface area contributed by atoms with Crippen molar-refractivity contribution in [2.75, 3.05) is 18.1 Å². The number of carbonyl (C=O) groups is 3. The molecule has 3 fully saturated rings. The van der Waals surface area contributed by atoms with Gasteiger partial charge in [-0.15, -0.1) is 0 Å². The highest BCUT2D eigenvalue weighted by atomic mass is 35.5. The van der Waals surface area contributed by atoms with E-state index in [1.807, 2.05) is 0 Å². The second kappa shape index (κ2) is 9.95. The van der Waals surface area contributed by atoms with Crippen molar-refractivity contribution in [3.05, 3.63) is 52.3 Å². The van der Waals surface area contributed by atoms with Crippen molar-refractivity contribution in [3.8, 4) is 11.5 Å². The molecule has 0 spiro atoms. The van der Waals surface area contributed by atoms with Gasteiger partial charge >= 0.3 is 18.3 Å². The van der Waals surface area contributed by atoms with Crippen molar-refractivity contribution in [3.63, 3.8) is 0 Å². The quantitative estimate of drug-likeness (QED) is 0.440. The molecule has 3 amide bonds. The number of rotatable bonds is 8. The van der Waals surface area contributed by atoms with E-state index in [-0.39, 0.29) is 33.8 Å². The first kappa shape index (κ1) is 28.2. The Labute approximate surface area is 233 Å². The van der Waals surface area contributed by atoms with Crippen LogP contribution in [0, 0.1) is 5.82 Å². The molecule has 2 N–H and O–H groups in total. The fraction of sp³-hybridized carbons (Fsp3) is 0.400. The fourth-order valence-corrected chi connectivity index (χ4v) is 5.58. The summed E-state index contributed by atoms with van der Waals surface area (Å²) in [6, 6.07) is 7.42. The molecule has 6 rings (SSSR count). The molecule has 2 bridgehead atoms. The van der Waals surface area contributed by atoms with Crippen molar-refractivity contribution < 1.29 is 45.8 Å². The molecule has 4 aliphatic rings. The van der Waals surface area contributed by atoms with Gasteiger partial charge in [0.2, 0.25) is 0 Å². The minimum Gasteiger partial charge on any atom is -0.484 e. The first-order chi connectivity index (χ1) is 18.7. The Bertz CT molecular complexity index is 1370. The summed E-state index contributed by atoms with van der Waals surface area (Å²) in [6.07, 6.45) is -4.66. The lowest BCUT2D eigenvalue weighted by molar-refractivity contribution is -0.167. The molecule has 8 nitrogen and oxygen atoms in total. The van der Waals surface area contributed by atoms with Crippen molar-refractivity contribution in [2.24, 2.45) is 0 Å². The van der Waals surface area contributed by atoms with Gasteiger partial charge in [-0.2, -0.15) is 8.78 Å². The summed E-state index contributed by atoms with van der Waals surface area (Å²) < 4.78 is 78.1. The number of fused-ring (bicyclic) bond motifs is 1. The molecule has 40 heavy (non-hydrogen) atoms. The summed E-state index contributed by atoms with van der Waals surface area (Å²) in [5, 5.41) is 5.52. The van der Waals surface area contributed by atoms with E-state index in [0.717, 1.165) is 12.1 Å². The van der Waals surface area contributed by atoms with Crippen LogP contribution in [0.3, 0.4) is 0 Å². The summed E-state index contributed by atoms with van der Waals surface area (Å²) in [4.78, 5) is 38.1. The number of amides is 3. The lowest BCUT2D eigenvalue weighted by Crippen LogP contribution is -2.84. The molecule has 2 aromatic rings. The monoisotopic (exact) mass is 607 g/mol. The second-order valence-corrected chi connectivity index (χ2v) is 10.9. The van der Waals surface area contributed by atoms with Crippen molar-refractivity contribution in [2.45, 2.75) is 48.8 Å². The number of carbonyl (C=O) groups excluding carboxylic acids is 3. The van der Waals surface area contributed by atoms with Gasteiger partial charge in [-0.1, -0.05) is 23.2 Å². The van der Waals surface area contributed by atoms with E-state index in [1.165, 1.54) is 24.3 Å². The zero-order chi connectivity index (χ0) is 29.0. The molecule has 0 saturated heterocycles. The van der Waals surface area contributed by atoms with Crippen molar-refractivity contribution in [1.82, 2.24) is 10.6 Å². The summed E-state index contributed by atoms with van der Waals surface area (Å²) in [5.41, 5.74) is -1.55. The van der Waals surface area contributed by atoms with Crippen LogP contribution in [0.2, 0.25) is 10.0 Å². The molecule has 214 valence electrons. The van der Waals surface area contributed by atoms with Crippen LogP contribution in [0.5, 0.6) is 11.5 Å². The maximum Gasteiger partial charge on any atom is 0.384 e. The highest BCUT2D eigenvalue weighted by molar-refractivity contribution is 6.31. The third-order valence-corrected chi connectivity index (χ3v) is 7.55. The lowest BCUT2D eigenvalue weighted by Gasteiger charge is -2.70. The standard InChI is InChI=1S/C25H20Cl2F5N3O5/c26-12-1-4-17-16(5-12)35(22(38)25(31,32)21(29)30)7-18(40-17)20(37)34-24-9-23(10-24,11-24)33-19(36)8-39-13-2-3-14(27)15(28)6-13/h1-6,18,21H,7-11H2,(H,33,36)(H,34,37). The lowest BCUT2D eigenvalue weighted by atomic mass is 9.44. The van der Waals surface area contributed by atoms with Gasteiger partial charge in [0, 0.05) is 22.2 Å². The maximum atomic E-state index is 13.9. The second-order valence-electron chi connectivity index (χ2n) is 10.1. The number of anilines is 1. The SMILES string of the molecule is O=C(COc1ccc(Cl)c(F)c1)NC12CC(NC(=O)C3CN(C(=O)C(F)(F)C(F)F)c4cc(Cl)ccc4O3)(C1)C2. The molecule has 3 aliphatic carbocycles. The Hall–Kier alpha value is -3.32. The van der Waals surface area contributed by atoms with E-state index in [9.17, 15) is 36.3 Å². The molecular formula is C25H20Cl2F5N3O5. The van der Waals surface area contributed by atoms with E-state index >= 15 is 0 Å². The molecule has 0 aromatic heterocycles. The molecule has 0 radical (unpaired) electrons. The number of alkyl halides is 4. The normalized spacial score (nSPS) is 24.7. The molecule has 3 saturated carbocycles. The van der Waals surface area contributed by atoms with Crippen LogP contribution >= 0.6 is 23.2 Å². The molecule has 1 atom stereocenters. The Morgan fingerprint density at radius 2 is 1.75 bits per heavy atom. The highest BCUT2D eigenvalue weighted by Gasteiger charge is 2.69. The predicted molar refractivity (Wildman–Crippen MR) is 132 cm³/mol. The summed E-state index contributed by atoms with van der Waals surface area (Å²) >= 11 is 11.5. The van der Waals surface area contributed by atoms with Gasteiger partial charge in [0.05, 0.1) is 17.3 Å². The van der Waals surface area contributed by atoms with Gasteiger partial charge in [0.25, 0.3) is 11.8 Å². The van der Waals surface area contributed by atoms with E-state index in [0.29, 0.717) is 24.2 Å². The highest BCUT2D eigenvalue weighted by Crippen LogP contribution is 2.60. The van der Waals surface area contributed by atoms with Crippen molar-refractivity contribution >= 4 is 46.6 Å². The van der Waals surface area contributed by atoms with Gasteiger partial charge in [0.15, 0.2) is 12.7 Å². The number of hydrogen-bond acceptors (Lipinski definition) is 5. The van der Waals surface area contributed by atoms with Crippen LogP contribution in [-0.2, 0) is 14.4 Å². The maximum absolute atomic E-state index is 13.9. The Balaban J connectivity index is 1.18. The fourth-order valence-electron chi connectivity index (χ4n) is 5.30. The molecule has 1 aliphatic heterocycles. The molecule has 1 heterocycles. The number of nitrogens with zero attached hydrogens (tertiary/aromatic N) is 1. The van der Waals surface area contributed by atoms with E-state index in [1.54, 1.807) is 0 Å². The van der Waals surface area contributed by atoms with Gasteiger partial charge in [-0.3, -0.25) is 19.3 Å². The van der Waals surface area contributed by atoms with Gasteiger partial charge in [-0.05, 0) is 49.6 Å². The molecule has 15 heteroatoms. The van der Waals surface area contributed by atoms with Gasteiger partial charge in [0.1, 0.15) is 17.3 Å². The Morgan fingerprint density at radius 3 is 2.40 bits per heavy atom. The number of benzene rings is 2. The average Bonchev–Trinajstić information content (AvgIpc) is 2.86. The number of nitrogens with one attached hydrogen (secondary N) is 2. The molecular weight excluding hydrogens is 588 g/mol. The van der Waals surface area contributed by atoms with Crippen LogP contribution < -0.4 is 25.0 Å². The summed E-state index contributed by atoms with van der Waals surface area (Å²) in [5.74, 6) is -9.13. The van der Waals surface area contributed by atoms with Crippen LogP contribution in [0.25, 0.3) is 0 Å². The van der Waals surface area contributed by atoms with E-state index in [4.69, 9.17) is 32.7 Å². The Kier molecular flexibility index (Phi) is 7.02. The van der Waals surface area contributed by atoms with Gasteiger partial charge in [-0.25, -0.2) is 13.2 Å². The Morgan fingerprint density at radius 1 is 1.07 bits per heavy atom. The molecule has 2 aromatic carbocycles. The zero-order valence-electron chi connectivity index (χ0n) is 20.3. The van der Waals surface area contributed by atoms with Crippen LogP contribution in [0.15, 0.2) is 36.4 Å². The third-order valence-electron chi connectivity index (χ3n) is 7.01. The average molecular weight is 608 g/mol. The van der Waals surface area contributed by atoms with E-state index in [2.05, 4.69) is 10.6 Å². The smallest absolute Gasteiger partial charge is 0.384 e. The number of ether oxygens (including phenoxy) is 2. The summed E-state index contributed by atoms with van der Waals surface area (Å²) in [6.45, 7) is -1.13. The van der Waals surface area contributed by atoms with Crippen LogP contribution in [0.4, 0.5) is 27.6 Å². The predicted octanol–water partition coefficient (Wildman–Crippen LogP) is 4.11. The van der Waals surface area contributed by atoms with Gasteiger partial charge < -0.3 is 20.1 Å². The largest absolute Gasteiger partial charge is 0.484 e. The molecule has 1 unspecified atom stereocenters. The first-order valence-electron chi connectivity index (χ1n) is 11.9. The minimum absolute atomic E-state index is 0.0374. The third kappa shape index (κ3) is 5.12. The zero-order valence-corrected chi connectivity index (χ0v) is 21.8. The van der Waals surface area contributed by atoms with E-state index < -0.39 is 59.6 Å². The summed E-state index contributed by atoms with van der Waals surface area (Å²) in [7, 11) is 0. The first-order valence-corrected chi connectivity index (χ1v) is 12.6.